The Labute approximate surface area is 202 Å². The van der Waals surface area contributed by atoms with E-state index in [1.54, 1.807) is 30.3 Å². The summed E-state index contributed by atoms with van der Waals surface area (Å²) in [6, 6.07) is 12.4. The fourth-order valence-electron chi connectivity index (χ4n) is 4.95. The van der Waals surface area contributed by atoms with Crippen molar-refractivity contribution in [3.8, 4) is 0 Å². The highest BCUT2D eigenvalue weighted by molar-refractivity contribution is 9.10. The first kappa shape index (κ1) is 23.4. The highest BCUT2D eigenvalue weighted by Gasteiger charge is 2.43. The number of carbonyl (C=O) groups is 3. The van der Waals surface area contributed by atoms with Crippen LogP contribution in [-0.4, -0.2) is 48.4 Å². The molecule has 7 nitrogen and oxygen atoms in total. The zero-order chi connectivity index (χ0) is 23.7. The molecule has 8 heteroatoms. The van der Waals surface area contributed by atoms with Crippen molar-refractivity contribution in [3.63, 3.8) is 0 Å². The van der Waals surface area contributed by atoms with Crippen LogP contribution < -0.4 is 16.0 Å². The van der Waals surface area contributed by atoms with Crippen LogP contribution in [0, 0.1) is 12.8 Å². The van der Waals surface area contributed by atoms with E-state index in [1.165, 1.54) is 0 Å². The Morgan fingerprint density at radius 2 is 1.85 bits per heavy atom. The Hall–Kier alpha value is -2.71. The van der Waals surface area contributed by atoms with Gasteiger partial charge in [0.2, 0.25) is 5.91 Å². The number of carbonyl (C=O) groups excluding carboxylic acids is 3. The van der Waals surface area contributed by atoms with Crippen LogP contribution in [0.2, 0.25) is 0 Å². The molecule has 4 atom stereocenters. The van der Waals surface area contributed by atoms with Crippen molar-refractivity contribution in [1.82, 2.24) is 15.5 Å². The molecule has 2 aromatic rings. The first-order valence-electron chi connectivity index (χ1n) is 11.2. The zero-order valence-corrected chi connectivity index (χ0v) is 20.6. The number of urea groups is 1. The van der Waals surface area contributed by atoms with Crippen LogP contribution in [0.3, 0.4) is 0 Å². The quantitative estimate of drug-likeness (QED) is 0.578. The van der Waals surface area contributed by atoms with E-state index in [2.05, 4.69) is 38.8 Å². The molecule has 4 amide bonds. The summed E-state index contributed by atoms with van der Waals surface area (Å²) in [6.07, 6.45) is 1.75. The first-order valence-corrected chi connectivity index (χ1v) is 12.0. The topological polar surface area (TPSA) is 90.5 Å². The van der Waals surface area contributed by atoms with Crippen molar-refractivity contribution in [2.75, 3.05) is 18.9 Å². The van der Waals surface area contributed by atoms with Gasteiger partial charge in [0.25, 0.3) is 5.91 Å². The Balaban J connectivity index is 1.47. The molecule has 2 aliphatic rings. The Morgan fingerprint density at radius 3 is 2.58 bits per heavy atom. The van der Waals surface area contributed by atoms with Gasteiger partial charge in [-0.3, -0.25) is 14.9 Å². The number of piperidine rings is 2. The molecule has 2 aliphatic heterocycles. The lowest BCUT2D eigenvalue weighted by molar-refractivity contribution is -0.140. The minimum Gasteiger partial charge on any atom is -0.342 e. The maximum Gasteiger partial charge on any atom is 0.326 e. The lowest BCUT2D eigenvalue weighted by Crippen LogP contribution is -2.57. The number of imide groups is 1. The average Bonchev–Trinajstić information content (AvgIpc) is 2.78. The summed E-state index contributed by atoms with van der Waals surface area (Å²) >= 11 is 3.32. The van der Waals surface area contributed by atoms with Crippen molar-refractivity contribution < 1.29 is 14.4 Å². The third kappa shape index (κ3) is 5.12. The van der Waals surface area contributed by atoms with E-state index in [0.717, 1.165) is 35.0 Å². The van der Waals surface area contributed by atoms with E-state index in [9.17, 15) is 14.4 Å². The van der Waals surface area contributed by atoms with Crippen LogP contribution >= 0.6 is 15.9 Å². The van der Waals surface area contributed by atoms with Crippen molar-refractivity contribution in [2.24, 2.45) is 5.92 Å². The molecule has 0 radical (unpaired) electrons. The predicted molar refractivity (Wildman–Crippen MR) is 131 cm³/mol. The molecular weight excluding hydrogens is 484 g/mol. The summed E-state index contributed by atoms with van der Waals surface area (Å²) in [7, 11) is 1.91. The van der Waals surface area contributed by atoms with Crippen molar-refractivity contribution >= 4 is 39.5 Å². The number of benzene rings is 2. The molecule has 0 saturated carbocycles. The number of hydrogen-bond donors (Lipinski definition) is 3. The number of likely N-dealkylation sites (N-methyl/N-ethyl adjacent to an activating group) is 1. The molecule has 0 spiro atoms. The molecule has 0 aromatic heterocycles. The molecule has 2 heterocycles. The van der Waals surface area contributed by atoms with Gasteiger partial charge in [0.05, 0.1) is 5.92 Å². The molecule has 2 fully saturated rings. The van der Waals surface area contributed by atoms with Gasteiger partial charge in [-0.2, -0.15) is 0 Å². The summed E-state index contributed by atoms with van der Waals surface area (Å²) in [6.45, 7) is 5.04. The van der Waals surface area contributed by atoms with Crippen LogP contribution in [-0.2, 0) is 4.79 Å². The van der Waals surface area contributed by atoms with E-state index in [4.69, 9.17) is 0 Å². The summed E-state index contributed by atoms with van der Waals surface area (Å²) in [5.74, 6) is -0.209. The number of likely N-dealkylation sites (tertiary alicyclic amines) is 1. The normalized spacial score (nSPS) is 24.7. The first-order chi connectivity index (χ1) is 15.7. The maximum absolute atomic E-state index is 13.3. The highest BCUT2D eigenvalue weighted by atomic mass is 79.9. The van der Waals surface area contributed by atoms with Gasteiger partial charge in [0, 0.05) is 41.4 Å². The van der Waals surface area contributed by atoms with Crippen molar-refractivity contribution in [2.45, 2.75) is 44.7 Å². The zero-order valence-electron chi connectivity index (χ0n) is 19.0. The van der Waals surface area contributed by atoms with Gasteiger partial charge in [-0.05, 0) is 80.1 Å². The second-order valence-electron chi connectivity index (χ2n) is 9.10. The van der Waals surface area contributed by atoms with Gasteiger partial charge in [0.1, 0.15) is 0 Å². The van der Waals surface area contributed by atoms with E-state index < -0.39 is 11.9 Å². The Bertz CT molecular complexity index is 1070. The SMILES string of the molecule is Cc1ccc(NC(=O)NC(=O)c2ccc(Br)cc2)cc1C1CC2CNC(C)CC2N(C)C1=O. The fourth-order valence-corrected chi connectivity index (χ4v) is 5.21. The minimum atomic E-state index is -0.615. The van der Waals surface area contributed by atoms with Gasteiger partial charge in [0.15, 0.2) is 0 Å². The number of hydrogen-bond acceptors (Lipinski definition) is 4. The molecule has 0 aliphatic carbocycles. The molecule has 2 aromatic carbocycles. The molecule has 4 rings (SSSR count). The van der Waals surface area contributed by atoms with Crippen LogP contribution in [0.25, 0.3) is 0 Å². The van der Waals surface area contributed by atoms with E-state index in [-0.39, 0.29) is 17.9 Å². The number of rotatable bonds is 3. The van der Waals surface area contributed by atoms with Gasteiger partial charge < -0.3 is 15.5 Å². The predicted octanol–water partition coefficient (Wildman–Crippen LogP) is 4.03. The smallest absolute Gasteiger partial charge is 0.326 e. The van der Waals surface area contributed by atoms with Gasteiger partial charge in [-0.15, -0.1) is 0 Å². The summed E-state index contributed by atoms with van der Waals surface area (Å²) < 4.78 is 0.850. The van der Waals surface area contributed by atoms with Crippen LogP contribution in [0.5, 0.6) is 0 Å². The third-order valence-electron chi connectivity index (χ3n) is 6.80. The van der Waals surface area contributed by atoms with E-state index in [0.29, 0.717) is 23.2 Å². The number of anilines is 1. The Kier molecular flexibility index (Phi) is 6.86. The highest BCUT2D eigenvalue weighted by Crippen LogP contribution is 2.39. The standard InChI is InChI=1S/C25H29BrN4O3/c1-14-4-9-19(28-25(33)29-23(31)16-5-7-18(26)8-6-16)12-20(14)21-11-17-13-27-15(2)10-22(17)30(3)24(21)32/h4-9,12,15,17,21-22,27H,10-11,13H2,1-3H3,(H2,28,29,31,33). The van der Waals surface area contributed by atoms with E-state index >= 15 is 0 Å². The molecule has 0 bridgehead atoms. The number of halogens is 1. The van der Waals surface area contributed by atoms with E-state index in [1.807, 2.05) is 31.0 Å². The summed E-state index contributed by atoms with van der Waals surface area (Å²) in [4.78, 5) is 39.9. The van der Waals surface area contributed by atoms with Gasteiger partial charge >= 0.3 is 6.03 Å². The fraction of sp³-hybridized carbons (Fsp3) is 0.400. The van der Waals surface area contributed by atoms with Gasteiger partial charge in [-0.25, -0.2) is 4.79 Å². The Morgan fingerprint density at radius 1 is 1.12 bits per heavy atom. The number of nitrogens with zero attached hydrogens (tertiary/aromatic N) is 1. The molecule has 3 N–H and O–H groups in total. The molecule has 4 unspecified atom stereocenters. The number of fused-ring (bicyclic) bond motifs is 1. The second kappa shape index (κ2) is 9.65. The monoisotopic (exact) mass is 512 g/mol. The number of amides is 4. The van der Waals surface area contributed by atoms with Crippen LogP contribution in [0.1, 0.15) is 47.2 Å². The minimum absolute atomic E-state index is 0.125. The van der Waals surface area contributed by atoms with Crippen LogP contribution in [0.4, 0.5) is 10.5 Å². The third-order valence-corrected chi connectivity index (χ3v) is 7.32. The van der Waals surface area contributed by atoms with Gasteiger partial charge in [-0.1, -0.05) is 22.0 Å². The van der Waals surface area contributed by atoms with Crippen LogP contribution in [0.15, 0.2) is 46.9 Å². The summed E-state index contributed by atoms with van der Waals surface area (Å²) in [5.41, 5.74) is 2.86. The summed E-state index contributed by atoms with van der Waals surface area (Å²) in [5, 5.41) is 8.62. The molecule has 174 valence electrons. The number of nitrogens with one attached hydrogen (secondary N) is 3. The van der Waals surface area contributed by atoms with Crippen molar-refractivity contribution in [3.05, 3.63) is 63.6 Å². The molecular formula is C25H29BrN4O3. The van der Waals surface area contributed by atoms with Crippen molar-refractivity contribution in [1.29, 1.82) is 0 Å². The lowest BCUT2D eigenvalue weighted by atomic mass is 9.75. The lowest BCUT2D eigenvalue weighted by Gasteiger charge is -2.47. The second-order valence-corrected chi connectivity index (χ2v) is 10.0. The maximum atomic E-state index is 13.3. The molecule has 2 saturated heterocycles. The average molecular weight is 513 g/mol. The molecule has 33 heavy (non-hydrogen) atoms. The largest absolute Gasteiger partial charge is 0.342 e. The number of aryl methyl sites for hydroxylation is 1.